The summed E-state index contributed by atoms with van der Waals surface area (Å²) in [7, 11) is 1.85. The third kappa shape index (κ3) is 4.00. The maximum atomic E-state index is 14.6. The number of nitrogens with zero attached hydrogens (tertiary/aromatic N) is 3. The van der Waals surface area contributed by atoms with Crippen LogP contribution in [0.4, 0.5) is 10.2 Å². The van der Waals surface area contributed by atoms with Crippen molar-refractivity contribution in [2.24, 2.45) is 13.0 Å². The van der Waals surface area contributed by atoms with Gasteiger partial charge in [-0.25, -0.2) is 9.37 Å². The smallest absolute Gasteiger partial charge is 0.142 e. The highest BCUT2D eigenvalue weighted by Gasteiger charge is 2.25. The van der Waals surface area contributed by atoms with E-state index in [1.807, 2.05) is 26.2 Å². The maximum absolute atomic E-state index is 14.6. The van der Waals surface area contributed by atoms with Crippen LogP contribution in [-0.4, -0.2) is 33.0 Å². The molecule has 0 radical (unpaired) electrons. The summed E-state index contributed by atoms with van der Waals surface area (Å²) in [5, 5.41) is 18.2. The van der Waals surface area contributed by atoms with Gasteiger partial charge in [0.05, 0.1) is 11.2 Å². The minimum absolute atomic E-state index is 0.0366. The third-order valence-electron chi connectivity index (χ3n) is 5.74. The van der Waals surface area contributed by atoms with Gasteiger partial charge in [0.25, 0.3) is 0 Å². The molecule has 3 aromatic rings. The van der Waals surface area contributed by atoms with Crippen LogP contribution in [0, 0.1) is 11.7 Å². The minimum atomic E-state index is -0.506. The normalized spacial score (nSPS) is 15.2. The number of benzene rings is 1. The zero-order chi connectivity index (χ0) is 21.4. The molecule has 4 N–H and O–H groups in total. The van der Waals surface area contributed by atoms with Crippen LogP contribution in [0.5, 0.6) is 5.75 Å². The highest BCUT2D eigenvalue weighted by atomic mass is 35.5. The van der Waals surface area contributed by atoms with Crippen molar-refractivity contribution >= 4 is 17.4 Å². The standard InChI is InChI=1S/C22H25ClFN5O/c1-12(3-15-5-16(9-27-22(15)25)17-10-28-29(2)11-17)19-20(23)18(24)6-14(21(19)30)4-13-7-26-8-13/h5-6,9-13,26,30H,3-4,7-8H2,1-2H3,(H2,25,27). The van der Waals surface area contributed by atoms with E-state index in [0.29, 0.717) is 35.7 Å². The fourth-order valence-electron chi connectivity index (χ4n) is 3.94. The quantitative estimate of drug-likeness (QED) is 0.556. The molecule has 6 nitrogen and oxygen atoms in total. The van der Waals surface area contributed by atoms with E-state index in [9.17, 15) is 9.50 Å². The van der Waals surface area contributed by atoms with Crippen LogP contribution in [0.1, 0.15) is 29.5 Å². The van der Waals surface area contributed by atoms with Crippen molar-refractivity contribution in [2.45, 2.75) is 25.7 Å². The number of hydrogen-bond donors (Lipinski definition) is 3. The Labute approximate surface area is 179 Å². The summed E-state index contributed by atoms with van der Waals surface area (Å²) < 4.78 is 16.3. The Bertz CT molecular complexity index is 1080. The lowest BCUT2D eigenvalue weighted by Crippen LogP contribution is -2.43. The van der Waals surface area contributed by atoms with Gasteiger partial charge in [0.15, 0.2) is 0 Å². The van der Waals surface area contributed by atoms with Crippen LogP contribution < -0.4 is 11.1 Å². The van der Waals surface area contributed by atoms with Gasteiger partial charge in [0.2, 0.25) is 0 Å². The molecule has 2 aromatic heterocycles. The Morgan fingerprint density at radius 3 is 2.70 bits per heavy atom. The summed E-state index contributed by atoms with van der Waals surface area (Å²) >= 11 is 6.28. The van der Waals surface area contributed by atoms with Crippen molar-refractivity contribution < 1.29 is 9.50 Å². The molecular weight excluding hydrogens is 405 g/mol. The first-order valence-corrected chi connectivity index (χ1v) is 10.3. The van der Waals surface area contributed by atoms with Gasteiger partial charge in [0.1, 0.15) is 17.4 Å². The summed E-state index contributed by atoms with van der Waals surface area (Å²) in [6, 6.07) is 3.31. The van der Waals surface area contributed by atoms with Crippen LogP contribution in [-0.2, 0) is 19.9 Å². The summed E-state index contributed by atoms with van der Waals surface area (Å²) in [6.45, 7) is 3.65. The zero-order valence-corrected chi connectivity index (χ0v) is 17.7. The van der Waals surface area contributed by atoms with E-state index in [-0.39, 0.29) is 16.7 Å². The SMILES string of the molecule is CC(Cc1cc(-c2cnn(C)c2)cnc1N)c1c(O)c(CC2CNC2)cc(F)c1Cl. The summed E-state index contributed by atoms with van der Waals surface area (Å²) in [5.41, 5.74) is 9.78. The lowest BCUT2D eigenvalue weighted by atomic mass is 9.87. The second-order valence-corrected chi connectivity index (χ2v) is 8.48. The molecule has 1 unspecified atom stereocenters. The highest BCUT2D eigenvalue weighted by molar-refractivity contribution is 6.31. The third-order valence-corrected chi connectivity index (χ3v) is 6.12. The molecule has 1 fully saturated rings. The number of nitrogen functional groups attached to an aromatic ring is 1. The average molecular weight is 430 g/mol. The molecule has 1 saturated heterocycles. The number of anilines is 1. The number of aromatic nitrogens is 3. The van der Waals surface area contributed by atoms with Crippen molar-refractivity contribution in [3.8, 4) is 16.9 Å². The fourth-order valence-corrected chi connectivity index (χ4v) is 4.27. The van der Waals surface area contributed by atoms with Crippen LogP contribution in [0.3, 0.4) is 0 Å². The van der Waals surface area contributed by atoms with Crippen molar-refractivity contribution in [3.63, 3.8) is 0 Å². The zero-order valence-electron chi connectivity index (χ0n) is 17.0. The lowest BCUT2D eigenvalue weighted by molar-refractivity contribution is 0.340. The molecule has 0 spiro atoms. The number of aryl methyl sites for hydroxylation is 1. The van der Waals surface area contributed by atoms with Crippen molar-refractivity contribution in [1.82, 2.24) is 20.1 Å². The number of phenols is 1. The van der Waals surface area contributed by atoms with E-state index in [0.717, 1.165) is 29.8 Å². The summed E-state index contributed by atoms with van der Waals surface area (Å²) in [6.07, 6.45) is 6.45. The Morgan fingerprint density at radius 1 is 1.30 bits per heavy atom. The Kier molecular flexibility index (Phi) is 5.66. The molecule has 1 atom stereocenters. The number of phenolic OH excluding ortho intramolecular Hbond substituents is 1. The monoisotopic (exact) mass is 429 g/mol. The van der Waals surface area contributed by atoms with E-state index in [1.54, 1.807) is 17.1 Å². The van der Waals surface area contributed by atoms with Gasteiger partial charge < -0.3 is 16.2 Å². The molecule has 1 aliphatic rings. The predicted molar refractivity (Wildman–Crippen MR) is 116 cm³/mol. The molecule has 0 bridgehead atoms. The predicted octanol–water partition coefficient (Wildman–Crippen LogP) is 3.67. The number of halogens is 2. The van der Waals surface area contributed by atoms with Crippen molar-refractivity contribution in [2.75, 3.05) is 18.8 Å². The van der Waals surface area contributed by atoms with E-state index >= 15 is 0 Å². The number of pyridine rings is 1. The minimum Gasteiger partial charge on any atom is -0.507 e. The highest BCUT2D eigenvalue weighted by Crippen LogP contribution is 2.40. The van der Waals surface area contributed by atoms with Crippen LogP contribution in [0.2, 0.25) is 5.02 Å². The van der Waals surface area contributed by atoms with E-state index in [1.165, 1.54) is 6.07 Å². The molecule has 8 heteroatoms. The Balaban J connectivity index is 1.64. The van der Waals surface area contributed by atoms with Gasteiger partial charge in [-0.2, -0.15) is 5.10 Å². The number of rotatable bonds is 6. The van der Waals surface area contributed by atoms with Crippen molar-refractivity contribution in [3.05, 3.63) is 58.3 Å². The van der Waals surface area contributed by atoms with Gasteiger partial charge in [-0.1, -0.05) is 18.5 Å². The number of nitrogens with two attached hydrogens (primary N) is 1. The molecule has 1 aromatic carbocycles. The van der Waals surface area contributed by atoms with E-state index < -0.39 is 5.82 Å². The molecule has 1 aliphatic heterocycles. The fraction of sp³-hybridized carbons (Fsp3) is 0.364. The topological polar surface area (TPSA) is 89.0 Å². The van der Waals surface area contributed by atoms with Gasteiger partial charge in [-0.15, -0.1) is 0 Å². The first-order valence-electron chi connectivity index (χ1n) is 9.97. The number of nitrogens with one attached hydrogen (secondary N) is 1. The van der Waals surface area contributed by atoms with E-state index in [2.05, 4.69) is 15.4 Å². The van der Waals surface area contributed by atoms with Gasteiger partial charge in [-0.05, 0) is 61.0 Å². The lowest BCUT2D eigenvalue weighted by Gasteiger charge is -2.28. The molecule has 3 heterocycles. The second kappa shape index (κ2) is 8.24. The average Bonchev–Trinajstić information content (AvgIpc) is 3.10. The summed E-state index contributed by atoms with van der Waals surface area (Å²) in [4.78, 5) is 4.31. The molecule has 158 valence electrons. The van der Waals surface area contributed by atoms with E-state index in [4.69, 9.17) is 17.3 Å². The molecule has 30 heavy (non-hydrogen) atoms. The molecule has 0 aliphatic carbocycles. The van der Waals surface area contributed by atoms with Crippen molar-refractivity contribution in [1.29, 1.82) is 0 Å². The molecular formula is C22H25ClFN5O. The van der Waals surface area contributed by atoms with Gasteiger partial charge in [0, 0.05) is 36.1 Å². The molecule has 0 saturated carbocycles. The maximum Gasteiger partial charge on any atom is 0.142 e. The second-order valence-electron chi connectivity index (χ2n) is 8.10. The van der Waals surface area contributed by atoms with Crippen LogP contribution in [0.15, 0.2) is 30.7 Å². The molecule has 0 amide bonds. The van der Waals surface area contributed by atoms with Gasteiger partial charge >= 0.3 is 0 Å². The largest absolute Gasteiger partial charge is 0.507 e. The van der Waals surface area contributed by atoms with Crippen LogP contribution in [0.25, 0.3) is 11.1 Å². The van der Waals surface area contributed by atoms with Gasteiger partial charge in [-0.3, -0.25) is 4.68 Å². The first-order chi connectivity index (χ1) is 14.3. The molecule has 4 rings (SSSR count). The summed E-state index contributed by atoms with van der Waals surface area (Å²) in [5.74, 6) is 0.127. The Hall–Kier alpha value is -2.64. The first kappa shape index (κ1) is 20.6. The Morgan fingerprint density at radius 2 is 2.07 bits per heavy atom. The van der Waals surface area contributed by atoms with Crippen LogP contribution >= 0.6 is 11.6 Å². The number of aromatic hydroxyl groups is 1. The number of hydrogen-bond acceptors (Lipinski definition) is 5.